The summed E-state index contributed by atoms with van der Waals surface area (Å²) in [5.41, 5.74) is 2.05. The van der Waals surface area contributed by atoms with Crippen molar-refractivity contribution in [1.82, 2.24) is 9.55 Å². The summed E-state index contributed by atoms with van der Waals surface area (Å²) in [6.45, 7) is 2.37. The molecule has 3 heteroatoms. The Bertz CT molecular complexity index is 406. The molecule has 2 rings (SSSR count). The van der Waals surface area contributed by atoms with Gasteiger partial charge >= 0.3 is 0 Å². The van der Waals surface area contributed by atoms with Crippen molar-refractivity contribution < 1.29 is 5.11 Å². The maximum absolute atomic E-state index is 9.24. The topological polar surface area (TPSA) is 38.0 Å². The second-order valence-corrected chi connectivity index (χ2v) is 3.23. The lowest BCUT2D eigenvalue weighted by molar-refractivity contribution is 0.175. The average Bonchev–Trinajstić information content (AvgIpc) is 2.48. The van der Waals surface area contributed by atoms with Crippen molar-refractivity contribution in [2.75, 3.05) is 0 Å². The van der Waals surface area contributed by atoms with Crippen LogP contribution < -0.4 is 0 Å². The van der Waals surface area contributed by atoms with Gasteiger partial charge in [0.25, 0.3) is 0 Å². The molecule has 0 saturated heterocycles. The molecule has 68 valence electrons. The van der Waals surface area contributed by atoms with E-state index in [1.54, 1.807) is 13.3 Å². The Hall–Kier alpha value is -1.35. The fourth-order valence-electron chi connectivity index (χ4n) is 1.44. The Kier molecular flexibility index (Phi) is 2.02. The molecular formula is C10H12N2O. The fourth-order valence-corrected chi connectivity index (χ4v) is 1.44. The number of imidazole rings is 1. The number of aromatic nitrogens is 2. The molecule has 0 amide bonds. The van der Waals surface area contributed by atoms with Crippen LogP contribution in [0.15, 0.2) is 30.6 Å². The quantitative estimate of drug-likeness (QED) is 0.751. The number of rotatable bonds is 2. The van der Waals surface area contributed by atoms with E-state index in [0.29, 0.717) is 6.54 Å². The molecule has 1 aromatic carbocycles. The maximum atomic E-state index is 9.24. The van der Waals surface area contributed by atoms with Crippen LogP contribution in [0.5, 0.6) is 0 Å². The summed E-state index contributed by atoms with van der Waals surface area (Å²) in [6, 6.07) is 7.91. The molecule has 2 aromatic rings. The van der Waals surface area contributed by atoms with E-state index < -0.39 is 0 Å². The van der Waals surface area contributed by atoms with Gasteiger partial charge in [0.15, 0.2) is 0 Å². The highest BCUT2D eigenvalue weighted by Gasteiger charge is 2.02. The molecule has 13 heavy (non-hydrogen) atoms. The molecule has 0 spiro atoms. The molecule has 1 unspecified atom stereocenters. The van der Waals surface area contributed by atoms with Crippen molar-refractivity contribution in [2.45, 2.75) is 19.6 Å². The second-order valence-electron chi connectivity index (χ2n) is 3.23. The zero-order valence-corrected chi connectivity index (χ0v) is 7.51. The van der Waals surface area contributed by atoms with Gasteiger partial charge < -0.3 is 9.67 Å². The first-order valence-corrected chi connectivity index (χ1v) is 4.35. The summed E-state index contributed by atoms with van der Waals surface area (Å²) in [5.74, 6) is 0. The van der Waals surface area contributed by atoms with Crippen LogP contribution >= 0.6 is 0 Å². The number of benzene rings is 1. The Morgan fingerprint density at radius 3 is 3.00 bits per heavy atom. The van der Waals surface area contributed by atoms with Gasteiger partial charge in [-0.3, -0.25) is 0 Å². The van der Waals surface area contributed by atoms with Gasteiger partial charge in [0, 0.05) is 6.54 Å². The highest BCUT2D eigenvalue weighted by molar-refractivity contribution is 5.74. The molecular weight excluding hydrogens is 164 g/mol. The van der Waals surface area contributed by atoms with Gasteiger partial charge in [-0.2, -0.15) is 0 Å². The summed E-state index contributed by atoms with van der Waals surface area (Å²) in [4.78, 5) is 4.22. The number of fused-ring (bicyclic) bond motifs is 1. The first-order valence-electron chi connectivity index (χ1n) is 4.35. The lowest BCUT2D eigenvalue weighted by Gasteiger charge is -2.05. The van der Waals surface area contributed by atoms with Gasteiger partial charge in [-0.05, 0) is 19.1 Å². The number of aliphatic hydroxyl groups is 1. The molecule has 0 radical (unpaired) electrons. The van der Waals surface area contributed by atoms with E-state index in [-0.39, 0.29) is 6.10 Å². The van der Waals surface area contributed by atoms with Gasteiger partial charge in [-0.1, -0.05) is 12.1 Å². The summed E-state index contributed by atoms with van der Waals surface area (Å²) >= 11 is 0. The van der Waals surface area contributed by atoms with Crippen molar-refractivity contribution >= 4 is 11.0 Å². The maximum Gasteiger partial charge on any atom is 0.0959 e. The number of hydrogen-bond acceptors (Lipinski definition) is 2. The third kappa shape index (κ3) is 1.55. The zero-order valence-electron chi connectivity index (χ0n) is 7.51. The summed E-state index contributed by atoms with van der Waals surface area (Å²) < 4.78 is 1.96. The fraction of sp³-hybridized carbons (Fsp3) is 0.300. The third-order valence-corrected chi connectivity index (χ3v) is 1.99. The van der Waals surface area contributed by atoms with Gasteiger partial charge in [-0.25, -0.2) is 4.98 Å². The normalized spacial score (nSPS) is 13.4. The van der Waals surface area contributed by atoms with Gasteiger partial charge in [-0.15, -0.1) is 0 Å². The van der Waals surface area contributed by atoms with Crippen LogP contribution in [-0.2, 0) is 6.54 Å². The standard InChI is InChI=1S/C10H12N2O/c1-8(13)6-12-7-11-9-4-2-3-5-10(9)12/h2-5,7-8,13H,6H2,1H3. The Labute approximate surface area is 76.6 Å². The monoisotopic (exact) mass is 176 g/mol. The predicted molar refractivity (Wildman–Crippen MR) is 51.4 cm³/mol. The van der Waals surface area contributed by atoms with Crippen LogP contribution in [0.3, 0.4) is 0 Å². The smallest absolute Gasteiger partial charge is 0.0959 e. The lowest BCUT2D eigenvalue weighted by atomic mass is 10.3. The molecule has 0 aliphatic carbocycles. The van der Waals surface area contributed by atoms with E-state index in [1.807, 2.05) is 28.8 Å². The van der Waals surface area contributed by atoms with Crippen LogP contribution in [-0.4, -0.2) is 20.8 Å². The average molecular weight is 176 g/mol. The van der Waals surface area contributed by atoms with E-state index in [0.717, 1.165) is 11.0 Å². The van der Waals surface area contributed by atoms with E-state index in [4.69, 9.17) is 0 Å². The van der Waals surface area contributed by atoms with Crippen LogP contribution in [0.1, 0.15) is 6.92 Å². The highest BCUT2D eigenvalue weighted by Crippen LogP contribution is 2.11. The van der Waals surface area contributed by atoms with Crippen molar-refractivity contribution in [1.29, 1.82) is 0 Å². The Morgan fingerprint density at radius 1 is 1.46 bits per heavy atom. The largest absolute Gasteiger partial charge is 0.392 e. The molecule has 0 saturated carbocycles. The van der Waals surface area contributed by atoms with Crippen molar-refractivity contribution in [2.24, 2.45) is 0 Å². The minimum Gasteiger partial charge on any atom is -0.392 e. The summed E-state index contributed by atoms with van der Waals surface area (Å²) in [6.07, 6.45) is 1.43. The first-order chi connectivity index (χ1) is 6.27. The molecule has 3 nitrogen and oxygen atoms in total. The van der Waals surface area contributed by atoms with Crippen LogP contribution in [0, 0.1) is 0 Å². The van der Waals surface area contributed by atoms with Gasteiger partial charge in [0.2, 0.25) is 0 Å². The Morgan fingerprint density at radius 2 is 2.23 bits per heavy atom. The van der Waals surface area contributed by atoms with Crippen molar-refractivity contribution in [3.05, 3.63) is 30.6 Å². The number of hydrogen-bond donors (Lipinski definition) is 1. The molecule has 0 bridgehead atoms. The molecule has 1 heterocycles. The summed E-state index contributed by atoms with van der Waals surface area (Å²) in [7, 11) is 0. The third-order valence-electron chi connectivity index (χ3n) is 1.99. The van der Waals surface area contributed by atoms with E-state index >= 15 is 0 Å². The summed E-state index contributed by atoms with van der Waals surface area (Å²) in [5, 5.41) is 9.24. The minimum absolute atomic E-state index is 0.336. The predicted octanol–water partition coefficient (Wildman–Crippen LogP) is 1.42. The molecule has 0 aliphatic heterocycles. The molecule has 0 aliphatic rings. The number of para-hydroxylation sites is 2. The van der Waals surface area contributed by atoms with Crippen LogP contribution in [0.4, 0.5) is 0 Å². The van der Waals surface area contributed by atoms with Crippen LogP contribution in [0.2, 0.25) is 0 Å². The van der Waals surface area contributed by atoms with E-state index in [1.165, 1.54) is 0 Å². The van der Waals surface area contributed by atoms with Crippen molar-refractivity contribution in [3.8, 4) is 0 Å². The van der Waals surface area contributed by atoms with Crippen molar-refractivity contribution in [3.63, 3.8) is 0 Å². The highest BCUT2D eigenvalue weighted by atomic mass is 16.3. The SMILES string of the molecule is CC(O)Cn1cnc2ccccc21. The van der Waals surface area contributed by atoms with Gasteiger partial charge in [0.1, 0.15) is 0 Å². The molecule has 1 atom stereocenters. The Balaban J connectivity index is 2.46. The molecule has 0 fully saturated rings. The van der Waals surface area contributed by atoms with Gasteiger partial charge in [0.05, 0.1) is 23.5 Å². The number of nitrogens with zero attached hydrogens (tertiary/aromatic N) is 2. The minimum atomic E-state index is -0.336. The number of aliphatic hydroxyl groups excluding tert-OH is 1. The lowest BCUT2D eigenvalue weighted by Crippen LogP contribution is -2.10. The molecule has 1 aromatic heterocycles. The first kappa shape index (κ1) is 8.26. The zero-order chi connectivity index (χ0) is 9.26. The molecule has 1 N–H and O–H groups in total. The van der Waals surface area contributed by atoms with E-state index in [2.05, 4.69) is 4.98 Å². The second kappa shape index (κ2) is 3.18. The van der Waals surface area contributed by atoms with E-state index in [9.17, 15) is 5.11 Å². The van der Waals surface area contributed by atoms with Crippen LogP contribution in [0.25, 0.3) is 11.0 Å².